The molecule has 0 aliphatic carbocycles. The van der Waals surface area contributed by atoms with E-state index >= 15 is 0 Å². The fourth-order valence-electron chi connectivity index (χ4n) is 3.77. The molecule has 0 saturated carbocycles. The number of aliphatic hydroxyl groups excluding tert-OH is 1. The van der Waals surface area contributed by atoms with E-state index in [1.54, 1.807) is 0 Å². The summed E-state index contributed by atoms with van der Waals surface area (Å²) in [6.07, 6.45) is 3.88. The van der Waals surface area contributed by atoms with Gasteiger partial charge in [-0.15, -0.1) is 0 Å². The minimum Gasteiger partial charge on any atom is -0.392 e. The van der Waals surface area contributed by atoms with Gasteiger partial charge in [0.05, 0.1) is 24.3 Å². The van der Waals surface area contributed by atoms with Crippen LogP contribution in [0.25, 0.3) is 10.9 Å². The van der Waals surface area contributed by atoms with Crippen LogP contribution in [0, 0.1) is 12.8 Å². The Hall–Kier alpha value is -1.65. The van der Waals surface area contributed by atoms with Gasteiger partial charge in [-0.2, -0.15) is 0 Å². The highest BCUT2D eigenvalue weighted by Crippen LogP contribution is 2.30. The molecule has 0 amide bonds. The molecule has 26 heavy (non-hydrogen) atoms. The molecule has 1 aliphatic rings. The van der Waals surface area contributed by atoms with Crippen LogP contribution in [0.4, 0.5) is 5.82 Å². The van der Waals surface area contributed by atoms with Crippen LogP contribution in [0.2, 0.25) is 0 Å². The molecule has 2 atom stereocenters. The predicted molar refractivity (Wildman–Crippen MR) is 108 cm³/mol. The zero-order chi connectivity index (χ0) is 18.7. The standard InChI is InChI=1S/C22H32N2O2/c1-5-6-10-19-12-24(13-20(26-19)15(2)3)22-18(14-25)11-17-9-7-8-16(4)21(17)23-22/h7-9,11,15,19-20,25H,5-6,10,12-14H2,1-4H3/t19-,20-/m1/s1. The normalized spacial score (nSPS) is 20.9. The lowest BCUT2D eigenvalue weighted by Crippen LogP contribution is -2.50. The maximum Gasteiger partial charge on any atom is 0.135 e. The molecule has 1 saturated heterocycles. The number of morpholine rings is 1. The van der Waals surface area contributed by atoms with Crippen LogP contribution >= 0.6 is 0 Å². The van der Waals surface area contributed by atoms with Gasteiger partial charge in [0.1, 0.15) is 5.82 Å². The molecule has 0 bridgehead atoms. The number of benzene rings is 1. The second kappa shape index (κ2) is 8.36. The molecule has 1 N–H and O–H groups in total. The van der Waals surface area contributed by atoms with Crippen molar-refractivity contribution in [3.8, 4) is 0 Å². The largest absolute Gasteiger partial charge is 0.392 e. The van der Waals surface area contributed by atoms with E-state index in [-0.39, 0.29) is 18.8 Å². The van der Waals surface area contributed by atoms with Gasteiger partial charge in [0.15, 0.2) is 0 Å². The summed E-state index contributed by atoms with van der Waals surface area (Å²) in [5.41, 5.74) is 3.10. The number of hydrogen-bond donors (Lipinski definition) is 1. The number of hydrogen-bond acceptors (Lipinski definition) is 4. The average Bonchev–Trinajstić information content (AvgIpc) is 2.65. The number of ether oxygens (including phenoxy) is 1. The molecule has 1 fully saturated rings. The molecule has 4 heteroatoms. The van der Waals surface area contributed by atoms with E-state index in [9.17, 15) is 5.11 Å². The van der Waals surface area contributed by atoms with E-state index in [2.05, 4.69) is 50.8 Å². The smallest absolute Gasteiger partial charge is 0.135 e. The summed E-state index contributed by atoms with van der Waals surface area (Å²) >= 11 is 0. The number of rotatable bonds is 6. The maximum absolute atomic E-state index is 9.96. The number of anilines is 1. The lowest BCUT2D eigenvalue weighted by molar-refractivity contribution is -0.0521. The zero-order valence-corrected chi connectivity index (χ0v) is 16.5. The van der Waals surface area contributed by atoms with Crippen molar-refractivity contribution in [1.29, 1.82) is 0 Å². The topological polar surface area (TPSA) is 45.6 Å². The first-order valence-corrected chi connectivity index (χ1v) is 9.94. The van der Waals surface area contributed by atoms with Crippen molar-refractivity contribution in [1.82, 2.24) is 4.98 Å². The number of aliphatic hydroxyl groups is 1. The Morgan fingerprint density at radius 1 is 1.31 bits per heavy atom. The summed E-state index contributed by atoms with van der Waals surface area (Å²) in [5.74, 6) is 1.38. The van der Waals surface area contributed by atoms with Crippen molar-refractivity contribution >= 4 is 16.7 Å². The molecular weight excluding hydrogens is 324 g/mol. The summed E-state index contributed by atoms with van der Waals surface area (Å²) in [6, 6.07) is 8.30. The first-order chi connectivity index (χ1) is 12.5. The Morgan fingerprint density at radius 2 is 2.12 bits per heavy atom. The van der Waals surface area contributed by atoms with Gasteiger partial charge in [-0.05, 0) is 30.9 Å². The fourth-order valence-corrected chi connectivity index (χ4v) is 3.77. The Labute approximate surface area is 157 Å². The van der Waals surface area contributed by atoms with E-state index in [0.29, 0.717) is 5.92 Å². The lowest BCUT2D eigenvalue weighted by atomic mass is 10.0. The number of pyridine rings is 1. The average molecular weight is 357 g/mol. The Morgan fingerprint density at radius 3 is 2.81 bits per heavy atom. The van der Waals surface area contributed by atoms with Gasteiger partial charge < -0.3 is 14.7 Å². The summed E-state index contributed by atoms with van der Waals surface area (Å²) in [5, 5.41) is 11.1. The fraction of sp³-hybridized carbons (Fsp3) is 0.591. The number of fused-ring (bicyclic) bond motifs is 1. The number of nitrogens with zero attached hydrogens (tertiary/aromatic N) is 2. The summed E-state index contributed by atoms with van der Waals surface area (Å²) in [7, 11) is 0. The minimum atomic E-state index is 0.00947. The van der Waals surface area contributed by atoms with Gasteiger partial charge in [0.25, 0.3) is 0 Å². The van der Waals surface area contributed by atoms with Crippen molar-refractivity contribution in [3.63, 3.8) is 0 Å². The van der Waals surface area contributed by atoms with Crippen molar-refractivity contribution in [2.75, 3.05) is 18.0 Å². The monoisotopic (exact) mass is 356 g/mol. The number of para-hydroxylation sites is 1. The molecule has 1 aromatic heterocycles. The minimum absolute atomic E-state index is 0.00947. The van der Waals surface area contributed by atoms with Crippen LogP contribution in [0.15, 0.2) is 24.3 Å². The van der Waals surface area contributed by atoms with Crippen molar-refractivity contribution < 1.29 is 9.84 Å². The predicted octanol–water partition coefficient (Wildman–Crippen LogP) is 4.46. The Balaban J connectivity index is 1.97. The Bertz CT molecular complexity index is 744. The second-order valence-corrected chi connectivity index (χ2v) is 7.86. The van der Waals surface area contributed by atoms with Gasteiger partial charge in [-0.3, -0.25) is 0 Å². The Kier molecular flexibility index (Phi) is 6.15. The highest BCUT2D eigenvalue weighted by molar-refractivity contribution is 5.84. The van der Waals surface area contributed by atoms with Gasteiger partial charge in [0, 0.05) is 24.0 Å². The summed E-state index contributed by atoms with van der Waals surface area (Å²) in [4.78, 5) is 7.33. The molecule has 1 aliphatic heterocycles. The molecule has 0 spiro atoms. The molecular formula is C22H32N2O2. The van der Waals surface area contributed by atoms with E-state index in [1.807, 2.05) is 6.07 Å². The van der Waals surface area contributed by atoms with Gasteiger partial charge in [0.2, 0.25) is 0 Å². The van der Waals surface area contributed by atoms with Crippen LogP contribution in [0.1, 0.15) is 51.2 Å². The molecule has 142 valence electrons. The third kappa shape index (κ3) is 4.02. The molecule has 0 radical (unpaired) electrons. The molecule has 2 aromatic rings. The molecule has 2 heterocycles. The van der Waals surface area contributed by atoms with E-state index in [0.717, 1.165) is 41.8 Å². The van der Waals surface area contributed by atoms with Gasteiger partial charge in [-0.25, -0.2) is 4.98 Å². The van der Waals surface area contributed by atoms with Crippen LogP contribution in [-0.2, 0) is 11.3 Å². The van der Waals surface area contributed by atoms with Crippen LogP contribution < -0.4 is 4.90 Å². The number of unbranched alkanes of at least 4 members (excludes halogenated alkanes) is 1. The molecule has 1 aromatic carbocycles. The quantitative estimate of drug-likeness (QED) is 0.830. The van der Waals surface area contributed by atoms with E-state index in [1.165, 1.54) is 18.4 Å². The molecule has 4 nitrogen and oxygen atoms in total. The van der Waals surface area contributed by atoms with Crippen molar-refractivity contribution in [2.45, 2.75) is 65.8 Å². The van der Waals surface area contributed by atoms with Crippen molar-refractivity contribution in [2.24, 2.45) is 5.92 Å². The lowest BCUT2D eigenvalue weighted by Gasteiger charge is -2.41. The first kappa shape index (κ1) is 19.1. The van der Waals surface area contributed by atoms with Crippen molar-refractivity contribution in [3.05, 3.63) is 35.4 Å². The maximum atomic E-state index is 9.96. The summed E-state index contributed by atoms with van der Waals surface area (Å²) < 4.78 is 6.35. The number of aryl methyl sites for hydroxylation is 1. The van der Waals surface area contributed by atoms with E-state index in [4.69, 9.17) is 9.72 Å². The van der Waals surface area contributed by atoms with Crippen LogP contribution in [0.5, 0.6) is 0 Å². The van der Waals surface area contributed by atoms with Gasteiger partial charge >= 0.3 is 0 Å². The highest BCUT2D eigenvalue weighted by Gasteiger charge is 2.31. The molecule has 0 unspecified atom stereocenters. The van der Waals surface area contributed by atoms with E-state index < -0.39 is 0 Å². The van der Waals surface area contributed by atoms with Gasteiger partial charge in [-0.1, -0.05) is 51.8 Å². The summed E-state index contributed by atoms with van der Waals surface area (Å²) in [6.45, 7) is 10.4. The van der Waals surface area contributed by atoms with Crippen LogP contribution in [0.3, 0.4) is 0 Å². The molecule has 3 rings (SSSR count). The SMILES string of the molecule is CCCC[C@@H]1CN(c2nc3c(C)cccc3cc2CO)C[C@H](C(C)C)O1. The third-order valence-corrected chi connectivity index (χ3v) is 5.39. The zero-order valence-electron chi connectivity index (χ0n) is 16.5. The third-order valence-electron chi connectivity index (χ3n) is 5.39. The highest BCUT2D eigenvalue weighted by atomic mass is 16.5. The first-order valence-electron chi connectivity index (χ1n) is 9.94. The number of aromatic nitrogens is 1. The van der Waals surface area contributed by atoms with Crippen LogP contribution in [-0.4, -0.2) is 35.4 Å². The second-order valence-electron chi connectivity index (χ2n) is 7.86.